The Morgan fingerprint density at radius 1 is 0.246 bits per heavy atom. The second-order valence-electron chi connectivity index (χ2n) is 14.3. The van der Waals surface area contributed by atoms with Gasteiger partial charge in [-0.3, -0.25) is 0 Å². The molecule has 0 amide bonds. The molecule has 0 saturated heterocycles. The van der Waals surface area contributed by atoms with E-state index in [1.54, 1.807) is 0 Å². The Hall–Kier alpha value is -7.07. The van der Waals surface area contributed by atoms with Crippen molar-refractivity contribution < 1.29 is 4.39 Å². The van der Waals surface area contributed by atoms with Crippen LogP contribution in [0, 0.1) is 5.82 Å². The van der Waals surface area contributed by atoms with Crippen LogP contribution in [-0.4, -0.2) is 8.07 Å². The third kappa shape index (κ3) is 7.13. The minimum atomic E-state index is -2.67. The molecule has 0 aliphatic rings. The van der Waals surface area contributed by atoms with Gasteiger partial charge in [-0.15, -0.1) is 0 Å². The zero-order valence-electron chi connectivity index (χ0n) is 31.4. The van der Waals surface area contributed by atoms with Gasteiger partial charge in [-0.2, -0.15) is 0 Å². The highest BCUT2D eigenvalue weighted by Gasteiger charge is 2.41. The highest BCUT2D eigenvalue weighted by molar-refractivity contribution is 7.19. The van der Waals surface area contributed by atoms with E-state index < -0.39 is 8.07 Å². The zero-order valence-corrected chi connectivity index (χ0v) is 32.4. The van der Waals surface area contributed by atoms with Gasteiger partial charge in [-0.1, -0.05) is 194 Å². The minimum Gasteiger partial charge on any atom is -0.311 e. The molecule has 0 bridgehead atoms. The topological polar surface area (TPSA) is 3.24 Å². The molecular weight excluding hydrogens is 710 g/mol. The first-order chi connectivity index (χ1) is 28.2. The average molecular weight is 750 g/mol. The van der Waals surface area contributed by atoms with E-state index >= 15 is 0 Å². The van der Waals surface area contributed by atoms with Crippen molar-refractivity contribution in [3.05, 3.63) is 248 Å². The fourth-order valence-electron chi connectivity index (χ4n) is 8.11. The van der Waals surface area contributed by atoms with E-state index in [9.17, 15) is 4.39 Å². The van der Waals surface area contributed by atoms with Crippen LogP contribution in [-0.2, 0) is 0 Å². The van der Waals surface area contributed by atoms with E-state index in [0.717, 1.165) is 39.3 Å². The zero-order chi connectivity index (χ0) is 38.4. The summed E-state index contributed by atoms with van der Waals surface area (Å²) >= 11 is 0. The van der Waals surface area contributed by atoms with Gasteiger partial charge in [0.15, 0.2) is 8.07 Å². The fourth-order valence-corrected chi connectivity index (χ4v) is 12.9. The van der Waals surface area contributed by atoms with Gasteiger partial charge in [0.1, 0.15) is 5.82 Å². The van der Waals surface area contributed by atoms with Crippen molar-refractivity contribution in [3.8, 4) is 33.4 Å². The van der Waals surface area contributed by atoms with Crippen molar-refractivity contribution in [1.82, 2.24) is 0 Å². The Morgan fingerprint density at radius 2 is 0.491 bits per heavy atom. The maximum absolute atomic E-state index is 13.5. The Balaban J connectivity index is 1.12. The smallest absolute Gasteiger partial charge is 0.179 e. The van der Waals surface area contributed by atoms with Crippen molar-refractivity contribution in [2.24, 2.45) is 0 Å². The summed E-state index contributed by atoms with van der Waals surface area (Å²) in [6.07, 6.45) is 0. The van der Waals surface area contributed by atoms with E-state index in [1.807, 2.05) is 12.1 Å². The predicted octanol–water partition coefficient (Wildman–Crippen LogP) is 11.7. The van der Waals surface area contributed by atoms with Crippen LogP contribution in [0.3, 0.4) is 0 Å². The fraction of sp³-hybridized carbons (Fsp3) is 0. The molecule has 9 aromatic rings. The summed E-state index contributed by atoms with van der Waals surface area (Å²) in [6.45, 7) is 0. The lowest BCUT2D eigenvalue weighted by molar-refractivity contribution is 0.628. The molecule has 0 spiro atoms. The quantitative estimate of drug-likeness (QED) is 0.0994. The van der Waals surface area contributed by atoms with Gasteiger partial charge in [-0.25, -0.2) is 4.39 Å². The summed E-state index contributed by atoms with van der Waals surface area (Å²) in [6, 6.07) is 85.8. The van der Waals surface area contributed by atoms with E-state index in [1.165, 1.54) is 44.0 Å². The Kier molecular flexibility index (Phi) is 9.97. The second kappa shape index (κ2) is 16.0. The molecule has 0 atom stereocenters. The van der Waals surface area contributed by atoms with Gasteiger partial charge in [0.2, 0.25) is 0 Å². The molecule has 0 N–H and O–H groups in total. The van der Waals surface area contributed by atoms with Gasteiger partial charge in [0.25, 0.3) is 0 Å². The molecule has 0 aromatic heterocycles. The van der Waals surface area contributed by atoms with E-state index in [2.05, 4.69) is 223 Å². The van der Waals surface area contributed by atoms with Crippen LogP contribution in [0.25, 0.3) is 33.4 Å². The Morgan fingerprint density at radius 3 is 0.842 bits per heavy atom. The molecule has 0 aliphatic heterocycles. The van der Waals surface area contributed by atoms with Gasteiger partial charge < -0.3 is 4.90 Å². The molecule has 0 aliphatic carbocycles. The SMILES string of the molecule is Fc1ccc(-c2ccc(-c3ccc(N(c4ccc(-c5ccccc5)cc4)c4ccc([Si](c5ccccc5)(c5ccccc5)c5ccccc5)cc4)cc3)cc2)cc1. The van der Waals surface area contributed by atoms with E-state index in [0.29, 0.717) is 0 Å². The maximum Gasteiger partial charge on any atom is 0.179 e. The van der Waals surface area contributed by atoms with Crippen LogP contribution >= 0.6 is 0 Å². The highest BCUT2D eigenvalue weighted by atomic mass is 28.3. The van der Waals surface area contributed by atoms with Crippen LogP contribution in [0.1, 0.15) is 0 Å². The molecule has 0 radical (unpaired) electrons. The van der Waals surface area contributed by atoms with Gasteiger partial charge >= 0.3 is 0 Å². The first kappa shape index (κ1) is 35.6. The summed E-state index contributed by atoms with van der Waals surface area (Å²) in [7, 11) is -2.67. The molecule has 272 valence electrons. The number of benzene rings is 9. The van der Waals surface area contributed by atoms with Crippen LogP contribution < -0.4 is 25.6 Å². The van der Waals surface area contributed by atoms with Gasteiger partial charge in [0, 0.05) is 17.1 Å². The molecule has 57 heavy (non-hydrogen) atoms. The van der Waals surface area contributed by atoms with Crippen molar-refractivity contribution in [2.75, 3.05) is 4.90 Å². The van der Waals surface area contributed by atoms with E-state index in [4.69, 9.17) is 0 Å². The summed E-state index contributed by atoms with van der Waals surface area (Å²) in [5.41, 5.74) is 9.91. The van der Waals surface area contributed by atoms with Crippen molar-refractivity contribution >= 4 is 45.9 Å². The number of anilines is 3. The summed E-state index contributed by atoms with van der Waals surface area (Å²) in [5, 5.41) is 5.38. The highest BCUT2D eigenvalue weighted by Crippen LogP contribution is 2.37. The minimum absolute atomic E-state index is 0.228. The van der Waals surface area contributed by atoms with Gasteiger partial charge in [0.05, 0.1) is 0 Å². The summed E-state index contributed by atoms with van der Waals surface area (Å²) < 4.78 is 13.5. The first-order valence-corrected chi connectivity index (χ1v) is 21.4. The molecule has 0 unspecified atom stereocenters. The maximum atomic E-state index is 13.5. The average Bonchev–Trinajstić information content (AvgIpc) is 3.29. The van der Waals surface area contributed by atoms with Crippen LogP contribution in [0.4, 0.5) is 21.5 Å². The lowest BCUT2D eigenvalue weighted by atomic mass is 10.00. The normalized spacial score (nSPS) is 11.2. The number of halogens is 1. The molecular formula is C54H40FNSi. The molecule has 3 heteroatoms. The molecule has 0 fully saturated rings. The van der Waals surface area contributed by atoms with Crippen molar-refractivity contribution in [1.29, 1.82) is 0 Å². The molecule has 0 heterocycles. The predicted molar refractivity (Wildman–Crippen MR) is 241 cm³/mol. The van der Waals surface area contributed by atoms with Crippen molar-refractivity contribution in [2.45, 2.75) is 0 Å². The Labute approximate surface area is 335 Å². The lowest BCUT2D eigenvalue weighted by Crippen LogP contribution is -2.74. The van der Waals surface area contributed by atoms with Gasteiger partial charge in [-0.05, 0) is 103 Å². The molecule has 9 rings (SSSR count). The first-order valence-electron chi connectivity index (χ1n) is 19.4. The largest absolute Gasteiger partial charge is 0.311 e. The van der Waals surface area contributed by atoms with E-state index in [-0.39, 0.29) is 5.82 Å². The number of hydrogen-bond donors (Lipinski definition) is 0. The lowest BCUT2D eigenvalue weighted by Gasteiger charge is -2.35. The van der Waals surface area contributed by atoms with Crippen molar-refractivity contribution in [3.63, 3.8) is 0 Å². The number of rotatable bonds is 10. The second-order valence-corrected chi connectivity index (χ2v) is 18.1. The van der Waals surface area contributed by atoms with Crippen LogP contribution in [0.15, 0.2) is 243 Å². The van der Waals surface area contributed by atoms with Crippen LogP contribution in [0.2, 0.25) is 0 Å². The summed E-state index contributed by atoms with van der Waals surface area (Å²) in [4.78, 5) is 2.34. The molecule has 0 saturated carbocycles. The third-order valence-corrected chi connectivity index (χ3v) is 15.7. The number of nitrogens with zero attached hydrogens (tertiary/aromatic N) is 1. The molecule has 1 nitrogen and oxygen atoms in total. The molecule has 9 aromatic carbocycles. The number of hydrogen-bond acceptors (Lipinski definition) is 1. The standard InChI is InChI=1S/C54H40FNSi/c55-47-31-25-44(26-32-47)42-21-23-43(24-22-42)46-29-35-49(36-30-46)56(48-33-27-45(28-34-48)41-13-5-1-6-14-41)50-37-39-54(40-38-50)57(51-15-7-2-8-16-51,52-17-9-3-10-18-52)53-19-11-4-12-20-53/h1-40H. The Bertz CT molecular complexity index is 2570. The third-order valence-electron chi connectivity index (χ3n) is 10.9. The monoisotopic (exact) mass is 749 g/mol. The van der Waals surface area contributed by atoms with Crippen LogP contribution in [0.5, 0.6) is 0 Å². The summed E-state index contributed by atoms with van der Waals surface area (Å²) in [5.74, 6) is -0.228.